The molecule has 0 fully saturated rings. The highest BCUT2D eigenvalue weighted by Crippen LogP contribution is 2.28. The molecule has 1 aromatic rings. The Balaban J connectivity index is 2.44. The summed E-state index contributed by atoms with van der Waals surface area (Å²) in [4.78, 5) is 0.206. The number of nitrogens with zero attached hydrogens (tertiary/aromatic N) is 1. The van der Waals surface area contributed by atoms with Crippen LogP contribution in [0.4, 0.5) is 5.69 Å². The second-order valence-corrected chi connectivity index (χ2v) is 6.58. The summed E-state index contributed by atoms with van der Waals surface area (Å²) < 4.78 is 26.2. The van der Waals surface area contributed by atoms with Crippen LogP contribution in [0.15, 0.2) is 29.2 Å². The Hall–Kier alpha value is -1.04. The number of benzene rings is 1. The number of hydrogen-bond donors (Lipinski definition) is 1. The topological polar surface area (TPSA) is 63.4 Å². The lowest BCUT2D eigenvalue weighted by molar-refractivity contribution is 0.437. The molecule has 6 heteroatoms. The highest BCUT2D eigenvalue weighted by molar-refractivity contribution is 7.89. The second-order valence-electron chi connectivity index (χ2n) is 4.27. The van der Waals surface area contributed by atoms with E-state index in [0.717, 1.165) is 6.42 Å². The molecule has 0 spiro atoms. The number of sulfonamides is 1. The van der Waals surface area contributed by atoms with E-state index in [1.807, 2.05) is 12.2 Å². The molecule has 18 heavy (non-hydrogen) atoms. The van der Waals surface area contributed by atoms with Crippen LogP contribution in [0.5, 0.6) is 0 Å². The van der Waals surface area contributed by atoms with E-state index in [4.69, 9.17) is 17.3 Å². The van der Waals surface area contributed by atoms with Crippen LogP contribution in [-0.4, -0.2) is 25.8 Å². The molecule has 2 rings (SSSR count). The van der Waals surface area contributed by atoms with Gasteiger partial charge in [0.15, 0.2) is 0 Å². The van der Waals surface area contributed by atoms with Crippen LogP contribution in [0.1, 0.15) is 12.0 Å². The van der Waals surface area contributed by atoms with Crippen molar-refractivity contribution in [2.45, 2.75) is 18.2 Å². The Labute approximate surface area is 112 Å². The fourth-order valence-electron chi connectivity index (χ4n) is 1.90. The van der Waals surface area contributed by atoms with Gasteiger partial charge in [0, 0.05) is 13.1 Å². The van der Waals surface area contributed by atoms with E-state index in [9.17, 15) is 8.42 Å². The van der Waals surface area contributed by atoms with Crippen LogP contribution < -0.4 is 5.73 Å². The number of rotatable bonds is 2. The molecule has 2 N–H and O–H groups in total. The smallest absolute Gasteiger partial charge is 0.243 e. The summed E-state index contributed by atoms with van der Waals surface area (Å²) in [7, 11) is -3.48. The molecule has 0 aliphatic carbocycles. The molecule has 4 nitrogen and oxygen atoms in total. The summed E-state index contributed by atoms with van der Waals surface area (Å²) in [5.74, 6) is 0. The van der Waals surface area contributed by atoms with Crippen molar-refractivity contribution in [3.8, 4) is 0 Å². The molecule has 0 atom stereocenters. The largest absolute Gasteiger partial charge is 0.397 e. The fourth-order valence-corrected chi connectivity index (χ4v) is 3.54. The average molecular weight is 287 g/mol. The molecule has 1 aromatic carbocycles. The molecule has 0 bridgehead atoms. The van der Waals surface area contributed by atoms with Crippen molar-refractivity contribution in [2.75, 3.05) is 18.8 Å². The normalized spacial score (nSPS) is 17.0. The minimum atomic E-state index is -3.48. The van der Waals surface area contributed by atoms with Crippen molar-refractivity contribution in [1.82, 2.24) is 4.31 Å². The summed E-state index contributed by atoms with van der Waals surface area (Å²) >= 11 is 5.94. The van der Waals surface area contributed by atoms with Crippen LogP contribution in [0.2, 0.25) is 5.02 Å². The first-order chi connectivity index (χ1) is 8.43. The van der Waals surface area contributed by atoms with Gasteiger partial charge in [-0.25, -0.2) is 8.42 Å². The Morgan fingerprint density at radius 3 is 2.61 bits per heavy atom. The molecule has 0 radical (unpaired) electrons. The van der Waals surface area contributed by atoms with Crippen molar-refractivity contribution in [1.29, 1.82) is 0 Å². The Morgan fingerprint density at radius 2 is 2.06 bits per heavy atom. The molecule has 1 heterocycles. The first kappa shape index (κ1) is 13.4. The summed E-state index contributed by atoms with van der Waals surface area (Å²) in [6, 6.07) is 2.98. The number of anilines is 1. The maximum Gasteiger partial charge on any atom is 0.243 e. The van der Waals surface area contributed by atoms with Gasteiger partial charge in [-0.2, -0.15) is 4.31 Å². The summed E-state index contributed by atoms with van der Waals surface area (Å²) in [5.41, 5.74) is 6.68. The molecule has 0 saturated heterocycles. The van der Waals surface area contributed by atoms with E-state index in [1.54, 1.807) is 13.0 Å². The molecule has 0 amide bonds. The number of halogens is 1. The van der Waals surface area contributed by atoms with Gasteiger partial charge in [-0.3, -0.25) is 0 Å². The monoisotopic (exact) mass is 286 g/mol. The highest BCUT2D eigenvalue weighted by atomic mass is 35.5. The van der Waals surface area contributed by atoms with Crippen LogP contribution >= 0.6 is 11.6 Å². The molecule has 0 saturated carbocycles. The lowest BCUT2D eigenvalue weighted by atomic mass is 10.2. The number of nitrogen functional groups attached to an aromatic ring is 1. The third-order valence-corrected chi connectivity index (χ3v) is 5.27. The first-order valence-corrected chi connectivity index (χ1v) is 7.45. The molecule has 1 aliphatic heterocycles. The van der Waals surface area contributed by atoms with E-state index in [0.29, 0.717) is 29.4 Å². The molecule has 0 unspecified atom stereocenters. The van der Waals surface area contributed by atoms with Crippen LogP contribution in [0.3, 0.4) is 0 Å². The molecule has 0 aromatic heterocycles. The quantitative estimate of drug-likeness (QED) is 0.669. The predicted octanol–water partition coefficient (Wildman–Crippen LogP) is 2.18. The summed E-state index contributed by atoms with van der Waals surface area (Å²) in [6.07, 6.45) is 4.57. The van der Waals surface area contributed by atoms with Gasteiger partial charge in [0.2, 0.25) is 10.0 Å². The highest BCUT2D eigenvalue weighted by Gasteiger charge is 2.25. The molecule has 98 valence electrons. The maximum atomic E-state index is 12.4. The van der Waals surface area contributed by atoms with Crippen LogP contribution in [0, 0.1) is 6.92 Å². The summed E-state index contributed by atoms with van der Waals surface area (Å²) in [6.45, 7) is 2.65. The predicted molar refractivity (Wildman–Crippen MR) is 73.1 cm³/mol. The van der Waals surface area contributed by atoms with E-state index < -0.39 is 10.0 Å². The summed E-state index contributed by atoms with van der Waals surface area (Å²) in [5, 5.41) is 0.410. The molecule has 1 aliphatic rings. The SMILES string of the molecule is Cc1cc(S(=O)(=O)N2CC=CCC2)cc(N)c1Cl. The van der Waals surface area contributed by atoms with E-state index in [2.05, 4.69) is 0 Å². The zero-order chi connectivity index (χ0) is 13.3. The maximum absolute atomic E-state index is 12.4. The van der Waals surface area contributed by atoms with E-state index in [1.165, 1.54) is 10.4 Å². The third-order valence-electron chi connectivity index (χ3n) is 2.91. The van der Waals surface area contributed by atoms with Gasteiger partial charge in [0.25, 0.3) is 0 Å². The number of nitrogens with two attached hydrogens (primary N) is 1. The minimum Gasteiger partial charge on any atom is -0.397 e. The van der Waals surface area contributed by atoms with Crippen molar-refractivity contribution in [3.05, 3.63) is 34.9 Å². The van der Waals surface area contributed by atoms with Crippen molar-refractivity contribution in [3.63, 3.8) is 0 Å². The Kier molecular flexibility index (Phi) is 3.66. The average Bonchev–Trinajstić information content (AvgIpc) is 2.36. The van der Waals surface area contributed by atoms with Gasteiger partial charge in [0.05, 0.1) is 15.6 Å². The van der Waals surface area contributed by atoms with Gasteiger partial charge in [0.1, 0.15) is 0 Å². The zero-order valence-electron chi connectivity index (χ0n) is 10.1. The Morgan fingerprint density at radius 1 is 1.33 bits per heavy atom. The second kappa shape index (κ2) is 4.91. The van der Waals surface area contributed by atoms with Crippen molar-refractivity contribution >= 4 is 27.3 Å². The van der Waals surface area contributed by atoms with Crippen molar-refractivity contribution in [2.24, 2.45) is 0 Å². The molecular weight excluding hydrogens is 272 g/mol. The lowest BCUT2D eigenvalue weighted by Gasteiger charge is -2.23. The number of hydrogen-bond acceptors (Lipinski definition) is 3. The van der Waals surface area contributed by atoms with E-state index >= 15 is 0 Å². The van der Waals surface area contributed by atoms with Gasteiger partial charge < -0.3 is 5.73 Å². The van der Waals surface area contributed by atoms with Gasteiger partial charge in [-0.05, 0) is 31.0 Å². The lowest BCUT2D eigenvalue weighted by Crippen LogP contribution is -2.33. The van der Waals surface area contributed by atoms with Gasteiger partial charge in [-0.1, -0.05) is 23.8 Å². The minimum absolute atomic E-state index is 0.206. The Bertz CT molecular complexity index is 573. The zero-order valence-corrected chi connectivity index (χ0v) is 11.6. The van der Waals surface area contributed by atoms with E-state index in [-0.39, 0.29) is 4.90 Å². The third kappa shape index (κ3) is 2.39. The van der Waals surface area contributed by atoms with Crippen LogP contribution in [-0.2, 0) is 10.0 Å². The van der Waals surface area contributed by atoms with Gasteiger partial charge in [-0.15, -0.1) is 0 Å². The number of aryl methyl sites for hydroxylation is 1. The van der Waals surface area contributed by atoms with Gasteiger partial charge >= 0.3 is 0 Å². The standard InChI is InChI=1S/C12H15ClN2O2S/c1-9-7-10(8-11(14)12(9)13)18(16,17)15-5-3-2-4-6-15/h2-3,7-8H,4-6,14H2,1H3. The molecular formula is C12H15ClN2O2S. The van der Waals surface area contributed by atoms with Crippen molar-refractivity contribution < 1.29 is 8.42 Å². The fraction of sp³-hybridized carbons (Fsp3) is 0.333. The first-order valence-electron chi connectivity index (χ1n) is 5.63. The van der Waals surface area contributed by atoms with Crippen LogP contribution in [0.25, 0.3) is 0 Å².